The number of cyclic esters (lactones) is 1. The summed E-state index contributed by atoms with van der Waals surface area (Å²) in [6.45, 7) is 4.98. The van der Waals surface area contributed by atoms with Gasteiger partial charge in [-0.25, -0.2) is 4.79 Å². The second kappa shape index (κ2) is 10.4. The van der Waals surface area contributed by atoms with E-state index in [4.69, 9.17) is 23.4 Å². The molecule has 1 saturated carbocycles. The Kier molecular flexibility index (Phi) is 7.49. The summed E-state index contributed by atoms with van der Waals surface area (Å²) in [4.78, 5) is 37.4. The van der Waals surface area contributed by atoms with E-state index in [0.29, 0.717) is 30.4 Å². The van der Waals surface area contributed by atoms with Crippen LogP contribution in [0.2, 0.25) is 0 Å². The molecule has 2 aliphatic carbocycles. The van der Waals surface area contributed by atoms with E-state index in [-0.39, 0.29) is 24.4 Å². The largest absolute Gasteiger partial charge is 0.472 e. The molecule has 2 saturated heterocycles. The average molecular weight is 549 g/mol. The minimum Gasteiger partial charge on any atom is -0.472 e. The molecule has 0 aromatic carbocycles. The second-order valence-corrected chi connectivity index (χ2v) is 11.5. The van der Waals surface area contributed by atoms with Crippen LogP contribution in [0.3, 0.4) is 0 Å². The maximum absolute atomic E-state index is 12.8. The highest BCUT2D eigenvalue weighted by Crippen LogP contribution is 2.65. The van der Waals surface area contributed by atoms with Crippen LogP contribution in [0.1, 0.15) is 58.1 Å². The third-order valence-corrected chi connectivity index (χ3v) is 9.49. The molecule has 1 aromatic heterocycles. The van der Waals surface area contributed by atoms with Crippen molar-refractivity contribution in [2.24, 2.45) is 22.7 Å². The number of aliphatic hydroxyl groups is 3. The molecule has 0 unspecified atom stereocenters. The van der Waals surface area contributed by atoms with E-state index >= 15 is 0 Å². The van der Waals surface area contributed by atoms with Crippen molar-refractivity contribution in [2.75, 3.05) is 13.2 Å². The number of rotatable bonds is 7. The lowest BCUT2D eigenvalue weighted by molar-refractivity contribution is -0.289. The number of carbonyl (C=O) groups excluding carboxylic acids is 3. The molecule has 3 fully saturated rings. The third-order valence-electron chi connectivity index (χ3n) is 9.49. The lowest BCUT2D eigenvalue weighted by Gasteiger charge is -2.59. The first-order valence-corrected chi connectivity index (χ1v) is 13.4. The Bertz CT molecular complexity index is 1130. The Morgan fingerprint density at radius 3 is 2.69 bits per heavy atom. The number of hydrogen-bond acceptors (Lipinski definition) is 11. The molecule has 1 aromatic rings. The van der Waals surface area contributed by atoms with Gasteiger partial charge >= 0.3 is 11.9 Å². The van der Waals surface area contributed by atoms with E-state index in [1.165, 1.54) is 13.2 Å². The van der Waals surface area contributed by atoms with Crippen LogP contribution in [0, 0.1) is 22.7 Å². The van der Waals surface area contributed by atoms with E-state index in [9.17, 15) is 29.7 Å². The number of ether oxygens (including phenoxy) is 4. The monoisotopic (exact) mass is 548 g/mol. The summed E-state index contributed by atoms with van der Waals surface area (Å²) >= 11 is 0. The molecule has 10 atom stereocenters. The molecule has 5 rings (SSSR count). The molecule has 11 heteroatoms. The van der Waals surface area contributed by atoms with E-state index in [1.807, 2.05) is 13.0 Å². The molecule has 3 heterocycles. The van der Waals surface area contributed by atoms with Crippen molar-refractivity contribution in [2.45, 2.75) is 83.3 Å². The maximum Gasteiger partial charge on any atom is 0.334 e. The summed E-state index contributed by atoms with van der Waals surface area (Å²) in [5.74, 6) is -1.94. The van der Waals surface area contributed by atoms with Gasteiger partial charge in [0.05, 0.1) is 25.2 Å². The minimum absolute atomic E-state index is 0.0258. The second-order valence-electron chi connectivity index (χ2n) is 11.5. The molecule has 4 aliphatic rings. The van der Waals surface area contributed by atoms with Crippen LogP contribution in [0.4, 0.5) is 0 Å². The molecular weight excluding hydrogens is 512 g/mol. The van der Waals surface area contributed by atoms with E-state index in [1.54, 1.807) is 12.3 Å². The summed E-state index contributed by atoms with van der Waals surface area (Å²) in [6.07, 6.45) is -0.0862. The maximum atomic E-state index is 12.8. The van der Waals surface area contributed by atoms with Gasteiger partial charge < -0.3 is 38.7 Å². The molecule has 0 amide bonds. The molecule has 0 bridgehead atoms. The lowest BCUT2D eigenvalue weighted by Crippen LogP contribution is -2.61. The SMILES string of the molecule is CC(=O)O[C@H](C[C@@]1(C)[C@H](C)[C@H](O[C@@H]2O[C@H](CO)[C@@H](O)C(=O)[C@H]2O)C[C@@]23COC(=O)C2=CCC[C@@H]31)c1ccoc1. The van der Waals surface area contributed by atoms with Gasteiger partial charge in [0.15, 0.2) is 18.2 Å². The van der Waals surface area contributed by atoms with Crippen LogP contribution in [0.5, 0.6) is 0 Å². The highest BCUT2D eigenvalue weighted by Gasteiger charge is 2.64. The third kappa shape index (κ3) is 4.63. The topological polar surface area (TPSA) is 162 Å². The Hall–Kier alpha value is -2.57. The first kappa shape index (κ1) is 28.0. The van der Waals surface area contributed by atoms with Gasteiger partial charge in [0, 0.05) is 23.5 Å². The number of ketones is 1. The predicted octanol–water partition coefficient (Wildman–Crippen LogP) is 1.59. The number of Topliss-reactive ketones (excluding diaryl/α,β-unsaturated/α-hetero) is 1. The molecule has 214 valence electrons. The fraction of sp³-hybridized carbons (Fsp3) is 0.679. The first-order chi connectivity index (χ1) is 18.5. The van der Waals surface area contributed by atoms with Crippen LogP contribution in [-0.4, -0.2) is 77.0 Å². The zero-order chi connectivity index (χ0) is 28.1. The fourth-order valence-electron chi connectivity index (χ4n) is 7.36. The Morgan fingerprint density at radius 2 is 2.03 bits per heavy atom. The molecule has 1 spiro atoms. The summed E-state index contributed by atoms with van der Waals surface area (Å²) in [5, 5.41) is 30.3. The van der Waals surface area contributed by atoms with Gasteiger partial charge in [-0.1, -0.05) is 19.9 Å². The number of esters is 2. The van der Waals surface area contributed by atoms with Crippen molar-refractivity contribution >= 4 is 17.7 Å². The Morgan fingerprint density at radius 1 is 1.26 bits per heavy atom. The highest BCUT2D eigenvalue weighted by atomic mass is 16.7. The van der Waals surface area contributed by atoms with Crippen molar-refractivity contribution in [1.29, 1.82) is 0 Å². The summed E-state index contributed by atoms with van der Waals surface area (Å²) < 4.78 is 28.6. The number of carbonyl (C=O) groups is 3. The van der Waals surface area contributed by atoms with Crippen LogP contribution >= 0.6 is 0 Å². The minimum atomic E-state index is -1.75. The standard InChI is InChI=1S/C28H36O11/c1-14-18(38-26-24(33)23(32)22(31)20(11-29)39-26)10-28-13-36-25(34)17(28)5-4-6-21(28)27(14,3)9-19(37-15(2)30)16-7-8-35-12-16/h5,7-8,12,14,18-22,24,26,29,31,33H,4,6,9-11,13H2,1-3H3/t14-,18-,19-,20-,21-,22-,24-,26-,27+,28-/m1/s1. The zero-order valence-corrected chi connectivity index (χ0v) is 22.3. The van der Waals surface area contributed by atoms with E-state index in [2.05, 4.69) is 6.92 Å². The summed E-state index contributed by atoms with van der Waals surface area (Å²) in [5.41, 5.74) is 0.0470. The number of aliphatic hydroxyl groups excluding tert-OH is 3. The van der Waals surface area contributed by atoms with Crippen molar-refractivity contribution in [3.8, 4) is 0 Å². The Balaban J connectivity index is 1.52. The van der Waals surface area contributed by atoms with Gasteiger partial charge in [-0.2, -0.15) is 0 Å². The number of furan rings is 1. The van der Waals surface area contributed by atoms with Crippen molar-refractivity contribution in [3.05, 3.63) is 35.8 Å². The quantitative estimate of drug-likeness (QED) is 0.424. The van der Waals surface area contributed by atoms with Crippen LogP contribution in [0.25, 0.3) is 0 Å². The van der Waals surface area contributed by atoms with Crippen molar-refractivity contribution in [1.82, 2.24) is 0 Å². The van der Waals surface area contributed by atoms with Gasteiger partial charge in [0.1, 0.15) is 24.9 Å². The molecule has 2 aliphatic heterocycles. The average Bonchev–Trinajstić information content (AvgIpc) is 3.55. The van der Waals surface area contributed by atoms with Crippen LogP contribution < -0.4 is 0 Å². The number of allylic oxidation sites excluding steroid dienone is 1. The predicted molar refractivity (Wildman–Crippen MR) is 132 cm³/mol. The van der Waals surface area contributed by atoms with Crippen LogP contribution in [0.15, 0.2) is 34.7 Å². The van der Waals surface area contributed by atoms with Gasteiger partial charge in [-0.15, -0.1) is 0 Å². The Labute approximate surface area is 226 Å². The highest BCUT2D eigenvalue weighted by molar-refractivity contribution is 5.92. The molecule has 3 N–H and O–H groups in total. The normalized spacial score (nSPS) is 40.8. The van der Waals surface area contributed by atoms with E-state index < -0.39 is 66.0 Å². The number of hydrogen-bond donors (Lipinski definition) is 3. The smallest absolute Gasteiger partial charge is 0.334 e. The fourth-order valence-corrected chi connectivity index (χ4v) is 7.36. The van der Waals surface area contributed by atoms with Crippen molar-refractivity contribution in [3.63, 3.8) is 0 Å². The van der Waals surface area contributed by atoms with E-state index in [0.717, 1.165) is 6.42 Å². The van der Waals surface area contributed by atoms with Crippen molar-refractivity contribution < 1.29 is 53.1 Å². The first-order valence-electron chi connectivity index (χ1n) is 13.4. The van der Waals surface area contributed by atoms with Crippen LogP contribution in [-0.2, 0) is 33.3 Å². The molecule has 0 radical (unpaired) electrons. The molecular formula is C28H36O11. The molecule has 11 nitrogen and oxygen atoms in total. The van der Waals surface area contributed by atoms with Gasteiger partial charge in [-0.3, -0.25) is 9.59 Å². The zero-order valence-electron chi connectivity index (χ0n) is 22.3. The summed E-state index contributed by atoms with van der Waals surface area (Å²) in [6, 6.07) is 1.75. The lowest BCUT2D eigenvalue weighted by atomic mass is 9.46. The molecule has 39 heavy (non-hydrogen) atoms. The van der Waals surface area contributed by atoms with Gasteiger partial charge in [0.2, 0.25) is 0 Å². The van der Waals surface area contributed by atoms with Gasteiger partial charge in [-0.05, 0) is 49.0 Å². The summed E-state index contributed by atoms with van der Waals surface area (Å²) in [7, 11) is 0. The van der Waals surface area contributed by atoms with Gasteiger partial charge in [0.25, 0.3) is 0 Å².